The van der Waals surface area contributed by atoms with Crippen LogP contribution in [-0.4, -0.2) is 10.7 Å². The average Bonchev–Trinajstić information content (AvgIpc) is 2.78. The summed E-state index contributed by atoms with van der Waals surface area (Å²) in [6.07, 6.45) is 4.42. The lowest BCUT2D eigenvalue weighted by Crippen LogP contribution is -2.67. The zero-order chi connectivity index (χ0) is 14.2. The minimum absolute atomic E-state index is 1.07. The van der Waals surface area contributed by atoms with Crippen LogP contribution in [0.5, 0.6) is 0 Å². The summed E-state index contributed by atoms with van der Waals surface area (Å²) in [5, 5.41) is 0. The summed E-state index contributed by atoms with van der Waals surface area (Å²) < 4.78 is 0. The highest BCUT2D eigenvalue weighted by atomic mass is 14.8. The van der Waals surface area contributed by atoms with Crippen molar-refractivity contribution in [3.8, 4) is 0 Å². The van der Waals surface area contributed by atoms with Crippen LogP contribution in [0.1, 0.15) is 56.6 Å². The van der Waals surface area contributed by atoms with Crippen LogP contribution in [0, 0.1) is 13.8 Å². The first-order chi connectivity index (χ1) is 8.99. The number of aromatic amines is 1. The highest BCUT2D eigenvalue weighted by molar-refractivity contribution is 5.97. The third-order valence-electron chi connectivity index (χ3n) is 4.29. The second-order valence-corrected chi connectivity index (χ2v) is 5.39. The van der Waals surface area contributed by atoms with Gasteiger partial charge in [0.25, 0.3) is 0 Å². The number of aromatic nitrogens is 1. The molecule has 0 bridgehead atoms. The molecule has 0 saturated heterocycles. The average molecular weight is 257 g/mol. The Balaban J connectivity index is 2.49. The number of H-pyrrole nitrogens is 1. The van der Waals surface area contributed by atoms with E-state index in [0.717, 1.165) is 12.8 Å². The van der Waals surface area contributed by atoms with Gasteiger partial charge in [-0.2, -0.15) is 0 Å². The molecule has 0 radical (unpaired) electrons. The zero-order valence-electron chi connectivity index (χ0n) is 13.0. The van der Waals surface area contributed by atoms with Gasteiger partial charge < -0.3 is 4.98 Å². The number of rotatable bonds is 3. The summed E-state index contributed by atoms with van der Waals surface area (Å²) in [5.74, 6) is 0. The van der Waals surface area contributed by atoms with Gasteiger partial charge in [-0.3, -0.25) is 0 Å². The summed E-state index contributed by atoms with van der Waals surface area (Å²) in [4.78, 5) is 7.03. The standard InChI is InChI=1S/C17H24N2/c1-7-14-11(4)16(19-13(14)6)9-17-15(8-2)10(3)12(5)18-17/h9,19H,7-8H2,1-6H3/p+1/b17-9-. The topological polar surface area (TPSA) is 29.8 Å². The predicted octanol–water partition coefficient (Wildman–Crippen LogP) is 2.82. The van der Waals surface area contributed by atoms with Crippen molar-refractivity contribution in [1.82, 2.24) is 4.98 Å². The van der Waals surface area contributed by atoms with Crippen LogP contribution in [0.25, 0.3) is 6.08 Å². The number of nitrogens with one attached hydrogen (secondary N) is 2. The molecule has 102 valence electrons. The smallest absolute Gasteiger partial charge is 0.209 e. The number of hydrogen-bond donors (Lipinski definition) is 2. The fourth-order valence-corrected chi connectivity index (χ4v) is 3.01. The van der Waals surface area contributed by atoms with Crippen LogP contribution in [0.3, 0.4) is 0 Å². The van der Waals surface area contributed by atoms with Crippen LogP contribution in [0.4, 0.5) is 0 Å². The van der Waals surface area contributed by atoms with Crippen molar-refractivity contribution in [2.45, 2.75) is 54.4 Å². The van der Waals surface area contributed by atoms with Crippen LogP contribution in [0.2, 0.25) is 0 Å². The molecule has 1 aliphatic heterocycles. The van der Waals surface area contributed by atoms with Crippen molar-refractivity contribution in [3.05, 3.63) is 39.4 Å². The Labute approximate surface area is 116 Å². The van der Waals surface area contributed by atoms with Gasteiger partial charge in [-0.25, -0.2) is 4.99 Å². The van der Waals surface area contributed by atoms with Gasteiger partial charge >= 0.3 is 0 Å². The van der Waals surface area contributed by atoms with Crippen LogP contribution in [-0.2, 0) is 6.42 Å². The molecule has 2 heteroatoms. The molecule has 0 amide bonds. The summed E-state index contributed by atoms with van der Waals surface area (Å²) >= 11 is 0. The molecule has 0 aliphatic carbocycles. The van der Waals surface area contributed by atoms with E-state index in [1.165, 1.54) is 45.1 Å². The van der Waals surface area contributed by atoms with Crippen molar-refractivity contribution in [1.29, 1.82) is 0 Å². The zero-order valence-corrected chi connectivity index (χ0v) is 13.0. The van der Waals surface area contributed by atoms with Crippen LogP contribution in [0.15, 0.2) is 16.8 Å². The molecule has 2 nitrogen and oxygen atoms in total. The van der Waals surface area contributed by atoms with E-state index in [9.17, 15) is 0 Å². The van der Waals surface area contributed by atoms with E-state index in [0.29, 0.717) is 0 Å². The lowest BCUT2D eigenvalue weighted by atomic mass is 10.0. The third-order valence-corrected chi connectivity index (χ3v) is 4.29. The van der Waals surface area contributed by atoms with E-state index in [1.807, 2.05) is 0 Å². The van der Waals surface area contributed by atoms with Gasteiger partial charge in [0.1, 0.15) is 0 Å². The third kappa shape index (κ3) is 2.32. The lowest BCUT2D eigenvalue weighted by molar-refractivity contribution is -0.386. The minimum atomic E-state index is 1.07. The van der Waals surface area contributed by atoms with Gasteiger partial charge in [-0.15, -0.1) is 0 Å². The Morgan fingerprint density at radius 2 is 1.74 bits per heavy atom. The van der Waals surface area contributed by atoms with Crippen LogP contribution >= 0.6 is 0 Å². The Bertz CT molecular complexity index is 595. The molecule has 0 unspecified atom stereocenters. The Morgan fingerprint density at radius 3 is 2.26 bits per heavy atom. The maximum atomic E-state index is 3.52. The summed E-state index contributed by atoms with van der Waals surface area (Å²) in [5.41, 5.74) is 10.7. The molecule has 0 fully saturated rings. The second-order valence-electron chi connectivity index (χ2n) is 5.39. The normalized spacial score (nSPS) is 17.6. The van der Waals surface area contributed by atoms with Gasteiger partial charge in [-0.1, -0.05) is 13.8 Å². The van der Waals surface area contributed by atoms with E-state index in [-0.39, 0.29) is 0 Å². The van der Waals surface area contributed by atoms with E-state index >= 15 is 0 Å². The molecule has 0 spiro atoms. The van der Waals surface area contributed by atoms with E-state index in [1.54, 1.807) is 0 Å². The lowest BCUT2D eigenvalue weighted by Gasteiger charge is -1.98. The monoisotopic (exact) mass is 257 g/mol. The van der Waals surface area contributed by atoms with Crippen LogP contribution < -0.4 is 4.99 Å². The Kier molecular flexibility index (Phi) is 3.79. The quantitative estimate of drug-likeness (QED) is 0.834. The van der Waals surface area contributed by atoms with E-state index in [2.05, 4.69) is 57.6 Å². The first kappa shape index (κ1) is 13.9. The van der Waals surface area contributed by atoms with Crippen molar-refractivity contribution < 1.29 is 4.99 Å². The van der Waals surface area contributed by atoms with Gasteiger partial charge in [-0.05, 0) is 44.7 Å². The van der Waals surface area contributed by atoms with E-state index < -0.39 is 0 Å². The van der Waals surface area contributed by atoms with Crippen molar-refractivity contribution in [2.24, 2.45) is 0 Å². The summed E-state index contributed by atoms with van der Waals surface area (Å²) in [6, 6.07) is 0. The van der Waals surface area contributed by atoms with Crippen molar-refractivity contribution >= 4 is 11.8 Å². The Hall–Kier alpha value is -1.57. The first-order valence-electron chi connectivity index (χ1n) is 7.20. The molecular weight excluding hydrogens is 232 g/mol. The number of aryl methyl sites for hydroxylation is 1. The molecule has 19 heavy (non-hydrogen) atoms. The maximum Gasteiger partial charge on any atom is 0.209 e. The Morgan fingerprint density at radius 1 is 1.05 bits per heavy atom. The number of hydrogen-bond acceptors (Lipinski definition) is 0. The molecule has 1 aliphatic rings. The molecule has 1 aromatic heterocycles. The van der Waals surface area contributed by atoms with Gasteiger partial charge in [0, 0.05) is 35.5 Å². The molecule has 2 heterocycles. The SMILES string of the molecule is CCC1=C(C)C(C)=[NH+]/C1=C\c1[nH]c(C)c(CC)c1C. The number of allylic oxidation sites excluding steroid dienone is 2. The molecular formula is C17H25N2+. The largest absolute Gasteiger partial charge is 0.358 e. The molecule has 0 atom stereocenters. The van der Waals surface area contributed by atoms with Gasteiger partial charge in [0.05, 0.1) is 0 Å². The highest BCUT2D eigenvalue weighted by Gasteiger charge is 2.23. The molecule has 0 saturated carbocycles. The van der Waals surface area contributed by atoms with Gasteiger partial charge in [0.2, 0.25) is 5.70 Å². The molecule has 2 N–H and O–H groups in total. The highest BCUT2D eigenvalue weighted by Crippen LogP contribution is 2.23. The van der Waals surface area contributed by atoms with E-state index in [4.69, 9.17) is 0 Å². The van der Waals surface area contributed by atoms with Crippen molar-refractivity contribution in [2.75, 3.05) is 0 Å². The first-order valence-corrected chi connectivity index (χ1v) is 7.20. The minimum Gasteiger partial charge on any atom is -0.358 e. The van der Waals surface area contributed by atoms with Gasteiger partial charge in [0.15, 0.2) is 5.71 Å². The predicted molar refractivity (Wildman–Crippen MR) is 82.3 cm³/mol. The molecule has 0 aromatic carbocycles. The molecule has 1 aromatic rings. The van der Waals surface area contributed by atoms with Crippen molar-refractivity contribution in [3.63, 3.8) is 0 Å². The molecule has 2 rings (SSSR count). The summed E-state index contributed by atoms with van der Waals surface area (Å²) in [7, 11) is 0. The maximum absolute atomic E-state index is 3.52. The second kappa shape index (κ2) is 5.20. The fraction of sp³-hybridized carbons (Fsp3) is 0.471. The summed E-state index contributed by atoms with van der Waals surface area (Å²) in [6.45, 7) is 13.2. The fourth-order valence-electron chi connectivity index (χ4n) is 3.01.